The summed E-state index contributed by atoms with van der Waals surface area (Å²) in [6.07, 6.45) is 4.71. The van der Waals surface area contributed by atoms with Crippen LogP contribution < -0.4 is 10.6 Å². The van der Waals surface area contributed by atoms with E-state index in [9.17, 15) is 4.79 Å². The van der Waals surface area contributed by atoms with Gasteiger partial charge in [-0.15, -0.1) is 12.4 Å². The number of carbonyl (C=O) groups excluding carboxylic acids is 1. The number of nitrogens with one attached hydrogen (secondary N) is 2. The fourth-order valence-corrected chi connectivity index (χ4v) is 3.39. The van der Waals surface area contributed by atoms with Crippen LogP contribution in [0.3, 0.4) is 0 Å². The van der Waals surface area contributed by atoms with Gasteiger partial charge in [0, 0.05) is 18.1 Å². The first-order valence-electron chi connectivity index (χ1n) is 7.34. The van der Waals surface area contributed by atoms with Gasteiger partial charge < -0.3 is 10.6 Å². The minimum Gasteiger partial charge on any atom is -0.353 e. The van der Waals surface area contributed by atoms with Crippen LogP contribution in [0.25, 0.3) is 0 Å². The number of rotatable bonds is 3. The molecule has 2 bridgehead atoms. The highest BCUT2D eigenvalue weighted by Crippen LogP contribution is 2.27. The molecular weight excluding hydrogens is 272 g/mol. The van der Waals surface area contributed by atoms with Gasteiger partial charge in [0.2, 0.25) is 5.91 Å². The molecule has 1 aromatic rings. The predicted molar refractivity (Wildman–Crippen MR) is 83.2 cm³/mol. The molecule has 110 valence electrons. The third-order valence-corrected chi connectivity index (χ3v) is 4.51. The fourth-order valence-electron chi connectivity index (χ4n) is 3.39. The van der Waals surface area contributed by atoms with Crippen LogP contribution in [0.5, 0.6) is 0 Å². The Morgan fingerprint density at radius 1 is 1.20 bits per heavy atom. The van der Waals surface area contributed by atoms with E-state index in [0.717, 1.165) is 18.4 Å². The fraction of sp³-hybridized carbons (Fsp3) is 0.562. The lowest BCUT2D eigenvalue weighted by molar-refractivity contribution is -0.123. The van der Waals surface area contributed by atoms with Crippen LogP contribution in [0.2, 0.25) is 0 Å². The highest BCUT2D eigenvalue weighted by atomic mass is 35.5. The first kappa shape index (κ1) is 15.3. The molecule has 3 rings (SSSR count). The molecule has 1 aromatic carbocycles. The predicted octanol–water partition coefficient (Wildman–Crippen LogP) is 2.61. The van der Waals surface area contributed by atoms with Gasteiger partial charge in [0.05, 0.1) is 5.92 Å². The summed E-state index contributed by atoms with van der Waals surface area (Å²) in [6, 6.07) is 11.6. The molecule has 0 spiro atoms. The van der Waals surface area contributed by atoms with Crippen molar-refractivity contribution in [3.8, 4) is 0 Å². The standard InChI is InChI=1S/C16H22N2O.ClH/c1-11(12-5-3-2-4-6-12)16(19)18-15-9-13-7-8-14(10-15)17-13;/h2-6,11,13-15,17H,7-10H2,1H3,(H,18,19);1H. The number of benzene rings is 1. The highest BCUT2D eigenvalue weighted by Gasteiger charge is 2.34. The average molecular weight is 295 g/mol. The Morgan fingerprint density at radius 2 is 1.80 bits per heavy atom. The lowest BCUT2D eigenvalue weighted by Gasteiger charge is -2.30. The van der Waals surface area contributed by atoms with Crippen molar-refractivity contribution in [2.24, 2.45) is 0 Å². The summed E-state index contributed by atoms with van der Waals surface area (Å²) in [6.45, 7) is 1.99. The number of amides is 1. The molecule has 4 heteroatoms. The third-order valence-electron chi connectivity index (χ3n) is 4.51. The minimum absolute atomic E-state index is 0. The van der Waals surface area contributed by atoms with Crippen LogP contribution in [0.1, 0.15) is 44.1 Å². The molecule has 0 aromatic heterocycles. The second-order valence-corrected chi connectivity index (χ2v) is 5.95. The summed E-state index contributed by atoms with van der Waals surface area (Å²) in [7, 11) is 0. The van der Waals surface area contributed by atoms with Gasteiger partial charge >= 0.3 is 0 Å². The largest absolute Gasteiger partial charge is 0.353 e. The van der Waals surface area contributed by atoms with Crippen LogP contribution in [0, 0.1) is 0 Å². The van der Waals surface area contributed by atoms with Crippen molar-refractivity contribution in [1.82, 2.24) is 10.6 Å². The number of hydrogen-bond donors (Lipinski definition) is 2. The van der Waals surface area contributed by atoms with Gasteiger partial charge in [-0.3, -0.25) is 4.79 Å². The van der Waals surface area contributed by atoms with Crippen molar-refractivity contribution in [2.75, 3.05) is 0 Å². The smallest absolute Gasteiger partial charge is 0.227 e. The maximum absolute atomic E-state index is 12.3. The number of hydrogen-bond acceptors (Lipinski definition) is 2. The van der Waals surface area contributed by atoms with Gasteiger partial charge in [-0.1, -0.05) is 30.3 Å². The molecule has 2 fully saturated rings. The second-order valence-electron chi connectivity index (χ2n) is 5.95. The van der Waals surface area contributed by atoms with Crippen LogP contribution in [0.15, 0.2) is 30.3 Å². The molecule has 3 nitrogen and oxygen atoms in total. The average Bonchev–Trinajstić information content (AvgIpc) is 2.78. The highest BCUT2D eigenvalue weighted by molar-refractivity contribution is 5.85. The van der Waals surface area contributed by atoms with Crippen molar-refractivity contribution < 1.29 is 4.79 Å². The zero-order valence-corrected chi connectivity index (χ0v) is 12.7. The molecule has 0 aliphatic carbocycles. The summed E-state index contributed by atoms with van der Waals surface area (Å²) in [5.74, 6) is 0.103. The SMILES string of the molecule is CC(C(=O)NC1CC2CCC(C1)N2)c1ccccc1.Cl. The molecule has 2 heterocycles. The number of fused-ring (bicyclic) bond motifs is 2. The Kier molecular flexibility index (Phi) is 5.06. The Bertz CT molecular complexity index is 439. The van der Waals surface area contributed by atoms with Gasteiger partial charge in [-0.25, -0.2) is 0 Å². The summed E-state index contributed by atoms with van der Waals surface area (Å²) < 4.78 is 0. The van der Waals surface area contributed by atoms with Crippen molar-refractivity contribution in [3.63, 3.8) is 0 Å². The van der Waals surface area contributed by atoms with E-state index < -0.39 is 0 Å². The van der Waals surface area contributed by atoms with E-state index in [0.29, 0.717) is 18.1 Å². The minimum atomic E-state index is -0.0614. The van der Waals surface area contributed by atoms with E-state index in [1.165, 1.54) is 12.8 Å². The number of piperidine rings is 1. The van der Waals surface area contributed by atoms with Gasteiger partial charge in [0.25, 0.3) is 0 Å². The Labute approximate surface area is 126 Å². The van der Waals surface area contributed by atoms with E-state index in [1.54, 1.807) is 0 Å². The van der Waals surface area contributed by atoms with Crippen molar-refractivity contribution in [3.05, 3.63) is 35.9 Å². The van der Waals surface area contributed by atoms with Crippen LogP contribution in [-0.4, -0.2) is 24.0 Å². The monoisotopic (exact) mass is 294 g/mol. The van der Waals surface area contributed by atoms with E-state index in [1.807, 2.05) is 37.3 Å². The van der Waals surface area contributed by atoms with Crippen molar-refractivity contribution in [1.29, 1.82) is 0 Å². The van der Waals surface area contributed by atoms with Crippen LogP contribution in [-0.2, 0) is 4.79 Å². The summed E-state index contributed by atoms with van der Waals surface area (Å²) in [5, 5.41) is 6.84. The number of halogens is 1. The van der Waals surface area contributed by atoms with E-state index in [-0.39, 0.29) is 24.2 Å². The Balaban J connectivity index is 0.00000147. The lowest BCUT2D eigenvalue weighted by atomic mass is 9.96. The molecule has 2 saturated heterocycles. The summed E-state index contributed by atoms with van der Waals surface area (Å²) >= 11 is 0. The van der Waals surface area contributed by atoms with E-state index >= 15 is 0 Å². The van der Waals surface area contributed by atoms with Crippen LogP contribution >= 0.6 is 12.4 Å². The maximum Gasteiger partial charge on any atom is 0.227 e. The second kappa shape index (κ2) is 6.59. The normalized spacial score (nSPS) is 29.4. The van der Waals surface area contributed by atoms with Gasteiger partial charge in [-0.05, 0) is 38.2 Å². The Morgan fingerprint density at radius 3 is 2.40 bits per heavy atom. The maximum atomic E-state index is 12.3. The van der Waals surface area contributed by atoms with Crippen molar-refractivity contribution in [2.45, 2.75) is 56.7 Å². The Hall–Kier alpha value is -1.06. The molecule has 2 N–H and O–H groups in total. The van der Waals surface area contributed by atoms with E-state index in [2.05, 4.69) is 10.6 Å². The first-order valence-corrected chi connectivity index (χ1v) is 7.34. The third kappa shape index (κ3) is 3.33. The lowest BCUT2D eigenvalue weighted by Crippen LogP contribution is -2.48. The zero-order valence-electron chi connectivity index (χ0n) is 11.8. The molecule has 3 atom stereocenters. The van der Waals surface area contributed by atoms with Crippen LogP contribution in [0.4, 0.5) is 0 Å². The molecule has 2 aliphatic rings. The molecular formula is C16H23ClN2O. The summed E-state index contributed by atoms with van der Waals surface area (Å²) in [4.78, 5) is 12.3. The van der Waals surface area contributed by atoms with E-state index in [4.69, 9.17) is 0 Å². The molecule has 20 heavy (non-hydrogen) atoms. The zero-order chi connectivity index (χ0) is 13.2. The van der Waals surface area contributed by atoms with Crippen molar-refractivity contribution >= 4 is 18.3 Å². The molecule has 2 aliphatic heterocycles. The molecule has 3 unspecified atom stereocenters. The first-order chi connectivity index (χ1) is 9.22. The van der Waals surface area contributed by atoms with Gasteiger partial charge in [0.15, 0.2) is 0 Å². The quantitative estimate of drug-likeness (QED) is 0.900. The van der Waals surface area contributed by atoms with Gasteiger partial charge in [0.1, 0.15) is 0 Å². The molecule has 1 amide bonds. The summed E-state index contributed by atoms with van der Waals surface area (Å²) in [5.41, 5.74) is 1.09. The van der Waals surface area contributed by atoms with Gasteiger partial charge in [-0.2, -0.15) is 0 Å². The number of carbonyl (C=O) groups is 1. The molecule has 0 saturated carbocycles. The topological polar surface area (TPSA) is 41.1 Å². The molecule has 0 radical (unpaired) electrons.